The molecule has 0 aliphatic heterocycles. The summed E-state index contributed by atoms with van der Waals surface area (Å²) in [6.07, 6.45) is 2.85. The highest BCUT2D eigenvalue weighted by Crippen LogP contribution is 2.23. The van der Waals surface area contributed by atoms with Crippen LogP contribution >= 0.6 is 0 Å². The quantitative estimate of drug-likeness (QED) is 0.747. The first-order chi connectivity index (χ1) is 11.6. The lowest BCUT2D eigenvalue weighted by atomic mass is 10.1. The molecule has 24 heavy (non-hydrogen) atoms. The minimum Gasteiger partial charge on any atom is -0.464 e. The average molecular weight is 325 g/mol. The van der Waals surface area contributed by atoms with Crippen molar-refractivity contribution in [3.05, 3.63) is 71.2 Å². The lowest BCUT2D eigenvalue weighted by molar-refractivity contribution is -0.121. The number of benzene rings is 2. The van der Waals surface area contributed by atoms with Gasteiger partial charge in [0.1, 0.15) is 11.4 Å². The summed E-state index contributed by atoms with van der Waals surface area (Å²) in [7, 11) is 0. The lowest BCUT2D eigenvalue weighted by Gasteiger charge is -2.14. The third-order valence-electron chi connectivity index (χ3n) is 4.23. The van der Waals surface area contributed by atoms with E-state index in [2.05, 4.69) is 18.3 Å². The Balaban J connectivity index is 1.69. The van der Waals surface area contributed by atoms with Crippen molar-refractivity contribution in [1.82, 2.24) is 5.32 Å². The van der Waals surface area contributed by atoms with E-state index in [0.29, 0.717) is 0 Å². The van der Waals surface area contributed by atoms with E-state index in [4.69, 9.17) is 4.42 Å². The molecule has 1 amide bonds. The standard InChI is InChI=1S/C20H20FNO2/c1-3-14-4-9-18-16(12-24-19(18)10-14)11-20(23)22-13(2)15-5-7-17(21)8-6-15/h4-10,12-13H,3,11H2,1-2H3,(H,22,23). The molecule has 0 aliphatic carbocycles. The Morgan fingerprint density at radius 2 is 1.96 bits per heavy atom. The summed E-state index contributed by atoms with van der Waals surface area (Å²) < 4.78 is 18.5. The van der Waals surface area contributed by atoms with Gasteiger partial charge in [-0.1, -0.05) is 31.2 Å². The molecule has 124 valence electrons. The topological polar surface area (TPSA) is 42.2 Å². The number of nitrogens with one attached hydrogen (secondary N) is 1. The smallest absolute Gasteiger partial charge is 0.225 e. The highest BCUT2D eigenvalue weighted by atomic mass is 19.1. The molecule has 1 atom stereocenters. The second-order valence-electron chi connectivity index (χ2n) is 5.96. The maximum absolute atomic E-state index is 13.0. The van der Waals surface area contributed by atoms with Crippen LogP contribution in [0.15, 0.2) is 53.1 Å². The van der Waals surface area contributed by atoms with Crippen LogP contribution in [0.3, 0.4) is 0 Å². The van der Waals surface area contributed by atoms with E-state index in [-0.39, 0.29) is 24.2 Å². The molecule has 0 spiro atoms. The summed E-state index contributed by atoms with van der Waals surface area (Å²) in [5, 5.41) is 3.91. The summed E-state index contributed by atoms with van der Waals surface area (Å²) in [5.41, 5.74) is 3.76. The number of rotatable bonds is 5. The van der Waals surface area contributed by atoms with Crippen molar-refractivity contribution in [3.8, 4) is 0 Å². The summed E-state index contributed by atoms with van der Waals surface area (Å²) in [6, 6.07) is 12.0. The van der Waals surface area contributed by atoms with E-state index < -0.39 is 0 Å². The molecule has 0 fully saturated rings. The highest BCUT2D eigenvalue weighted by Gasteiger charge is 2.14. The molecule has 0 bridgehead atoms. The zero-order chi connectivity index (χ0) is 17.1. The van der Waals surface area contributed by atoms with Gasteiger partial charge in [0.25, 0.3) is 0 Å². The van der Waals surface area contributed by atoms with Crippen molar-refractivity contribution < 1.29 is 13.6 Å². The van der Waals surface area contributed by atoms with Crippen molar-refractivity contribution in [2.75, 3.05) is 0 Å². The maximum Gasteiger partial charge on any atom is 0.225 e. The van der Waals surface area contributed by atoms with Crippen LogP contribution in [0.2, 0.25) is 0 Å². The first kappa shape index (κ1) is 16.2. The van der Waals surface area contributed by atoms with E-state index in [1.807, 2.05) is 19.1 Å². The van der Waals surface area contributed by atoms with Crippen LogP contribution in [-0.4, -0.2) is 5.91 Å². The van der Waals surface area contributed by atoms with E-state index >= 15 is 0 Å². The van der Waals surface area contributed by atoms with Crippen molar-refractivity contribution >= 4 is 16.9 Å². The molecule has 1 unspecified atom stereocenters. The van der Waals surface area contributed by atoms with E-state index in [1.54, 1.807) is 18.4 Å². The SMILES string of the molecule is CCc1ccc2c(CC(=O)NC(C)c3ccc(F)cc3)coc2c1. The zero-order valence-corrected chi connectivity index (χ0v) is 13.8. The number of amides is 1. The fourth-order valence-electron chi connectivity index (χ4n) is 2.78. The zero-order valence-electron chi connectivity index (χ0n) is 13.8. The summed E-state index contributed by atoms with van der Waals surface area (Å²) in [4.78, 5) is 12.3. The Hall–Kier alpha value is -2.62. The van der Waals surface area contributed by atoms with Gasteiger partial charge < -0.3 is 9.73 Å². The second-order valence-corrected chi connectivity index (χ2v) is 5.96. The molecule has 0 radical (unpaired) electrons. The van der Waals surface area contributed by atoms with Gasteiger partial charge in [-0.3, -0.25) is 4.79 Å². The number of fused-ring (bicyclic) bond motifs is 1. The van der Waals surface area contributed by atoms with Gasteiger partial charge in [-0.15, -0.1) is 0 Å². The highest BCUT2D eigenvalue weighted by molar-refractivity contribution is 5.88. The van der Waals surface area contributed by atoms with Crippen LogP contribution in [0.4, 0.5) is 4.39 Å². The fourth-order valence-corrected chi connectivity index (χ4v) is 2.78. The van der Waals surface area contributed by atoms with Gasteiger partial charge in [0.05, 0.1) is 18.7 Å². The first-order valence-electron chi connectivity index (χ1n) is 8.10. The fraction of sp³-hybridized carbons (Fsp3) is 0.250. The molecule has 1 N–H and O–H groups in total. The Morgan fingerprint density at radius 1 is 1.21 bits per heavy atom. The molecule has 3 nitrogen and oxygen atoms in total. The molecule has 0 aliphatic rings. The van der Waals surface area contributed by atoms with Crippen LogP contribution in [0.25, 0.3) is 11.0 Å². The summed E-state index contributed by atoms with van der Waals surface area (Å²) in [6.45, 7) is 3.97. The molecule has 4 heteroatoms. The number of carbonyl (C=O) groups excluding carboxylic acids is 1. The van der Waals surface area contributed by atoms with Gasteiger partial charge in [0, 0.05) is 10.9 Å². The summed E-state index contributed by atoms with van der Waals surface area (Å²) >= 11 is 0. The number of hydrogen-bond acceptors (Lipinski definition) is 2. The van der Waals surface area contributed by atoms with Gasteiger partial charge in [-0.2, -0.15) is 0 Å². The van der Waals surface area contributed by atoms with Gasteiger partial charge in [-0.25, -0.2) is 4.39 Å². The number of halogens is 1. The maximum atomic E-state index is 13.0. The minimum atomic E-state index is -0.284. The predicted molar refractivity (Wildman–Crippen MR) is 92.3 cm³/mol. The molecule has 0 saturated carbocycles. The lowest BCUT2D eigenvalue weighted by Crippen LogP contribution is -2.28. The Morgan fingerprint density at radius 3 is 2.67 bits per heavy atom. The molecule has 1 heterocycles. The van der Waals surface area contributed by atoms with Crippen molar-refractivity contribution in [2.45, 2.75) is 32.7 Å². The van der Waals surface area contributed by atoms with Gasteiger partial charge >= 0.3 is 0 Å². The summed E-state index contributed by atoms with van der Waals surface area (Å²) in [5.74, 6) is -0.373. The number of carbonyl (C=O) groups is 1. The predicted octanol–water partition coefficient (Wildman–Crippen LogP) is 4.55. The first-order valence-corrected chi connectivity index (χ1v) is 8.10. The molecule has 2 aromatic carbocycles. The minimum absolute atomic E-state index is 0.0888. The third kappa shape index (κ3) is 3.48. The molecular weight excluding hydrogens is 305 g/mol. The van der Waals surface area contributed by atoms with Gasteiger partial charge in [0.15, 0.2) is 0 Å². The van der Waals surface area contributed by atoms with Crippen LogP contribution < -0.4 is 5.32 Å². The van der Waals surface area contributed by atoms with E-state index in [1.165, 1.54) is 17.7 Å². The molecule has 1 aromatic heterocycles. The van der Waals surface area contributed by atoms with Crippen LogP contribution in [0, 0.1) is 5.82 Å². The van der Waals surface area contributed by atoms with E-state index in [0.717, 1.165) is 28.5 Å². The number of aryl methyl sites for hydroxylation is 1. The van der Waals surface area contributed by atoms with Crippen LogP contribution in [-0.2, 0) is 17.6 Å². The third-order valence-corrected chi connectivity index (χ3v) is 4.23. The van der Waals surface area contributed by atoms with Crippen molar-refractivity contribution in [3.63, 3.8) is 0 Å². The van der Waals surface area contributed by atoms with Gasteiger partial charge in [0.2, 0.25) is 5.91 Å². The average Bonchev–Trinajstić information content (AvgIpc) is 2.97. The van der Waals surface area contributed by atoms with E-state index in [9.17, 15) is 9.18 Å². The Bertz CT molecular complexity index is 852. The molecule has 3 aromatic rings. The molecular formula is C20H20FNO2. The van der Waals surface area contributed by atoms with Gasteiger partial charge in [-0.05, 0) is 42.7 Å². The Labute approximate surface area is 140 Å². The van der Waals surface area contributed by atoms with Crippen molar-refractivity contribution in [1.29, 1.82) is 0 Å². The monoisotopic (exact) mass is 325 g/mol. The molecule has 3 rings (SSSR count). The van der Waals surface area contributed by atoms with Crippen LogP contribution in [0.5, 0.6) is 0 Å². The second kappa shape index (κ2) is 6.87. The normalized spacial score (nSPS) is 12.3. The Kier molecular flexibility index (Phi) is 4.65. The molecule has 0 saturated heterocycles. The van der Waals surface area contributed by atoms with Crippen LogP contribution in [0.1, 0.15) is 36.6 Å². The van der Waals surface area contributed by atoms with Crippen molar-refractivity contribution in [2.24, 2.45) is 0 Å². The largest absolute Gasteiger partial charge is 0.464 e. The number of hydrogen-bond donors (Lipinski definition) is 1. The number of furan rings is 1.